The number of ether oxygens (including phenoxy) is 1. The number of rotatable bonds is 7. The zero-order valence-electron chi connectivity index (χ0n) is 23.3. The van der Waals surface area contributed by atoms with E-state index in [1.807, 2.05) is 11.0 Å². The van der Waals surface area contributed by atoms with Gasteiger partial charge in [0.25, 0.3) is 5.91 Å². The molecule has 1 heterocycles. The number of amides is 1. The third-order valence-electron chi connectivity index (χ3n) is 10.3. The first-order valence-corrected chi connectivity index (χ1v) is 14.7. The predicted molar refractivity (Wildman–Crippen MR) is 153 cm³/mol. The smallest absolute Gasteiger partial charge is 0.299 e. The van der Waals surface area contributed by atoms with E-state index in [1.54, 1.807) is 7.11 Å². The van der Waals surface area contributed by atoms with Gasteiger partial charge in [-0.2, -0.15) is 0 Å². The third-order valence-corrected chi connectivity index (χ3v) is 10.3. The van der Waals surface area contributed by atoms with Crippen molar-refractivity contribution in [3.8, 4) is 18.1 Å². The van der Waals surface area contributed by atoms with Gasteiger partial charge in [-0.15, -0.1) is 6.42 Å². The molecule has 2 aromatic carbocycles. The van der Waals surface area contributed by atoms with Crippen LogP contribution in [-0.4, -0.2) is 29.5 Å². The van der Waals surface area contributed by atoms with E-state index < -0.39 is 5.54 Å². The lowest BCUT2D eigenvalue weighted by atomic mass is 9.53. The standard InChI is InChI=1S/C34H42N2O2/c1-5-7-8-29-18-26-19-30(38-4)13-14-31(26)33(3,36(29)32(37)6-2)27-9-11-28(12-10-27)35-34-20-23-15-24(21-34)17-25(16-23)22-34/h2,9-14,19,23-25,29,35H,5,7-8,15-18,20-22H2,1,3-4H3/t23?,24?,25?,29-,33+,34?/m0/s1. The number of terminal acetylenes is 1. The fourth-order valence-corrected chi connectivity index (χ4v) is 9.03. The summed E-state index contributed by atoms with van der Waals surface area (Å²) in [5, 5.41) is 4.02. The molecule has 4 saturated carbocycles. The van der Waals surface area contributed by atoms with Gasteiger partial charge in [0, 0.05) is 17.3 Å². The number of unbranched alkanes of at least 4 members (excludes halogenated alkanes) is 1. The minimum Gasteiger partial charge on any atom is -0.497 e. The van der Waals surface area contributed by atoms with Crippen LogP contribution in [0.5, 0.6) is 5.75 Å². The van der Waals surface area contributed by atoms with Crippen molar-refractivity contribution in [3.63, 3.8) is 0 Å². The number of nitrogens with one attached hydrogen (secondary N) is 1. The van der Waals surface area contributed by atoms with Crippen molar-refractivity contribution in [1.29, 1.82) is 0 Å². The number of fused-ring (bicyclic) bond motifs is 1. The van der Waals surface area contributed by atoms with Crippen LogP contribution < -0.4 is 10.1 Å². The van der Waals surface area contributed by atoms with Gasteiger partial charge in [0.05, 0.1) is 12.6 Å². The fraction of sp³-hybridized carbons (Fsp3) is 0.559. The van der Waals surface area contributed by atoms with Gasteiger partial charge in [0.1, 0.15) is 5.75 Å². The molecule has 4 nitrogen and oxygen atoms in total. The molecular formula is C34H42N2O2. The second-order valence-electron chi connectivity index (χ2n) is 12.8. The van der Waals surface area contributed by atoms with Crippen molar-refractivity contribution < 1.29 is 9.53 Å². The first-order valence-electron chi connectivity index (χ1n) is 14.7. The van der Waals surface area contributed by atoms with E-state index in [0.717, 1.165) is 60.3 Å². The van der Waals surface area contributed by atoms with Crippen molar-refractivity contribution in [2.75, 3.05) is 12.4 Å². The number of carbonyl (C=O) groups excluding carboxylic acids is 1. The number of hydrogen-bond acceptors (Lipinski definition) is 3. The van der Waals surface area contributed by atoms with Gasteiger partial charge in [-0.3, -0.25) is 4.79 Å². The first-order chi connectivity index (χ1) is 18.4. The Morgan fingerprint density at radius 1 is 1.08 bits per heavy atom. The third kappa shape index (κ3) is 4.19. The Balaban J connectivity index is 1.36. The fourth-order valence-electron chi connectivity index (χ4n) is 9.03. The Bertz CT molecular complexity index is 1210. The summed E-state index contributed by atoms with van der Waals surface area (Å²) in [7, 11) is 1.71. The molecule has 1 aliphatic heterocycles. The highest BCUT2D eigenvalue weighted by Crippen LogP contribution is 2.56. The van der Waals surface area contributed by atoms with Crippen LogP contribution in [0.3, 0.4) is 0 Å². The average Bonchev–Trinajstić information content (AvgIpc) is 2.90. The lowest BCUT2D eigenvalue weighted by molar-refractivity contribution is -0.134. The minimum absolute atomic E-state index is 0.0490. The second kappa shape index (κ2) is 9.67. The molecule has 5 aliphatic rings. The van der Waals surface area contributed by atoms with E-state index in [1.165, 1.54) is 49.8 Å². The van der Waals surface area contributed by atoms with Crippen molar-refractivity contribution >= 4 is 11.6 Å². The number of nitrogens with zero attached hydrogens (tertiary/aromatic N) is 1. The molecule has 2 aromatic rings. The lowest BCUT2D eigenvalue weighted by Gasteiger charge is -2.57. The number of carbonyl (C=O) groups is 1. The largest absolute Gasteiger partial charge is 0.497 e. The number of methoxy groups -OCH3 is 1. The summed E-state index contributed by atoms with van der Waals surface area (Å²) in [6, 6.07) is 15.2. The quantitative estimate of drug-likeness (QED) is 0.411. The van der Waals surface area contributed by atoms with Crippen LogP contribution >= 0.6 is 0 Å². The normalized spacial score (nSPS) is 32.9. The van der Waals surface area contributed by atoms with Crippen LogP contribution in [0.1, 0.15) is 88.3 Å². The van der Waals surface area contributed by atoms with Crippen LogP contribution in [0.4, 0.5) is 5.69 Å². The van der Waals surface area contributed by atoms with Crippen molar-refractivity contribution in [3.05, 3.63) is 59.2 Å². The molecule has 4 bridgehead atoms. The Morgan fingerprint density at radius 2 is 1.74 bits per heavy atom. The number of anilines is 1. The van der Waals surface area contributed by atoms with Crippen LogP contribution in [0, 0.1) is 30.1 Å². The molecule has 0 aromatic heterocycles. The van der Waals surface area contributed by atoms with Gasteiger partial charge in [0.2, 0.25) is 0 Å². The number of benzene rings is 2. The molecule has 0 unspecified atom stereocenters. The Morgan fingerprint density at radius 3 is 2.32 bits per heavy atom. The highest BCUT2D eigenvalue weighted by atomic mass is 16.5. The molecule has 4 aliphatic carbocycles. The summed E-state index contributed by atoms with van der Waals surface area (Å²) in [6.07, 6.45) is 17.9. The molecule has 0 radical (unpaired) electrons. The van der Waals surface area contributed by atoms with Crippen molar-refractivity contribution in [2.45, 2.75) is 95.2 Å². The Hall–Kier alpha value is -2.93. The molecule has 1 amide bonds. The van der Waals surface area contributed by atoms with E-state index >= 15 is 0 Å². The van der Waals surface area contributed by atoms with Gasteiger partial charge < -0.3 is 15.0 Å². The highest BCUT2D eigenvalue weighted by molar-refractivity contribution is 5.94. The average molecular weight is 511 g/mol. The van der Waals surface area contributed by atoms with Crippen LogP contribution in [0.25, 0.3) is 0 Å². The van der Waals surface area contributed by atoms with E-state index in [9.17, 15) is 4.79 Å². The molecule has 38 heavy (non-hydrogen) atoms. The maximum atomic E-state index is 13.4. The lowest BCUT2D eigenvalue weighted by Crippen LogP contribution is -2.57. The van der Waals surface area contributed by atoms with E-state index in [-0.39, 0.29) is 17.5 Å². The summed E-state index contributed by atoms with van der Waals surface area (Å²) >= 11 is 0. The summed E-state index contributed by atoms with van der Waals surface area (Å²) < 4.78 is 5.58. The summed E-state index contributed by atoms with van der Waals surface area (Å²) in [5.74, 6) is 5.81. The molecule has 4 heteroatoms. The second-order valence-corrected chi connectivity index (χ2v) is 12.8. The Labute approximate surface area is 228 Å². The Kier molecular flexibility index (Phi) is 6.45. The van der Waals surface area contributed by atoms with Crippen LogP contribution in [0.2, 0.25) is 0 Å². The molecule has 200 valence electrons. The van der Waals surface area contributed by atoms with Gasteiger partial charge in [-0.25, -0.2) is 0 Å². The monoisotopic (exact) mass is 510 g/mol. The summed E-state index contributed by atoms with van der Waals surface area (Å²) in [6.45, 7) is 4.37. The van der Waals surface area contributed by atoms with E-state index in [0.29, 0.717) is 0 Å². The predicted octanol–water partition coefficient (Wildman–Crippen LogP) is 6.92. The molecule has 2 atom stereocenters. The highest BCUT2D eigenvalue weighted by Gasteiger charge is 2.51. The van der Waals surface area contributed by atoms with Crippen molar-refractivity contribution in [2.24, 2.45) is 17.8 Å². The maximum absolute atomic E-state index is 13.4. The molecule has 4 fully saturated rings. The molecule has 0 spiro atoms. The number of hydrogen-bond donors (Lipinski definition) is 1. The first kappa shape index (κ1) is 25.4. The van der Waals surface area contributed by atoms with Gasteiger partial charge in [0.15, 0.2) is 0 Å². The topological polar surface area (TPSA) is 41.6 Å². The van der Waals surface area contributed by atoms with Gasteiger partial charge >= 0.3 is 0 Å². The zero-order valence-corrected chi connectivity index (χ0v) is 23.3. The van der Waals surface area contributed by atoms with Gasteiger partial charge in [-0.1, -0.05) is 38.0 Å². The minimum atomic E-state index is -0.652. The van der Waals surface area contributed by atoms with Crippen LogP contribution in [0.15, 0.2) is 42.5 Å². The summed E-state index contributed by atoms with van der Waals surface area (Å²) in [5.41, 5.74) is 4.29. The maximum Gasteiger partial charge on any atom is 0.299 e. The van der Waals surface area contributed by atoms with E-state index in [4.69, 9.17) is 11.2 Å². The molecule has 7 rings (SSSR count). The summed E-state index contributed by atoms with van der Waals surface area (Å²) in [4.78, 5) is 15.4. The molecular weight excluding hydrogens is 468 g/mol. The SMILES string of the molecule is C#CC(=O)N1[C@@H](CCCC)Cc2cc(OC)ccc2[C@@]1(C)c1ccc(NC23CC4CC(CC(C4)C2)C3)cc1. The zero-order chi connectivity index (χ0) is 26.5. The van der Waals surface area contributed by atoms with Crippen molar-refractivity contribution in [1.82, 2.24) is 4.90 Å². The van der Waals surface area contributed by atoms with E-state index in [2.05, 4.69) is 61.5 Å². The molecule has 1 N–H and O–H groups in total. The van der Waals surface area contributed by atoms with Gasteiger partial charge in [-0.05, 0) is 123 Å². The van der Waals surface area contributed by atoms with Crippen LogP contribution in [-0.2, 0) is 16.8 Å². The molecule has 0 saturated heterocycles.